The van der Waals surface area contributed by atoms with Crippen LogP contribution in [0.4, 0.5) is 0 Å². The van der Waals surface area contributed by atoms with Crippen molar-refractivity contribution in [3.8, 4) is 0 Å². The number of carbonyl (C=O) groups is 1. The van der Waals surface area contributed by atoms with Crippen molar-refractivity contribution in [3.05, 3.63) is 0 Å². The molecular formula is C13H24N2O2. The summed E-state index contributed by atoms with van der Waals surface area (Å²) in [7, 11) is 0. The molecule has 0 aromatic carbocycles. The van der Waals surface area contributed by atoms with Gasteiger partial charge in [0.25, 0.3) is 5.91 Å². The molecule has 1 heterocycles. The number of hydrogen-bond donors (Lipinski definition) is 1. The Bertz CT molecular complexity index is 266. The van der Waals surface area contributed by atoms with Crippen molar-refractivity contribution in [1.82, 2.24) is 4.90 Å². The summed E-state index contributed by atoms with van der Waals surface area (Å²) in [6.45, 7) is 4.44. The minimum absolute atomic E-state index is 0.0911. The van der Waals surface area contributed by atoms with Gasteiger partial charge in [0.05, 0.1) is 6.10 Å². The normalized spacial score (nSPS) is 28.4. The van der Waals surface area contributed by atoms with Crippen LogP contribution in [0.15, 0.2) is 0 Å². The zero-order chi connectivity index (χ0) is 12.3. The van der Waals surface area contributed by atoms with Crippen LogP contribution in [0.3, 0.4) is 0 Å². The minimum Gasteiger partial charge on any atom is -0.364 e. The molecule has 2 rings (SSSR count). The first kappa shape index (κ1) is 12.8. The van der Waals surface area contributed by atoms with Gasteiger partial charge in [0.15, 0.2) is 0 Å². The molecule has 1 aliphatic heterocycles. The summed E-state index contributed by atoms with van der Waals surface area (Å²) >= 11 is 0. The van der Waals surface area contributed by atoms with Gasteiger partial charge in [-0.2, -0.15) is 0 Å². The van der Waals surface area contributed by atoms with Gasteiger partial charge in [0, 0.05) is 19.6 Å². The lowest BCUT2D eigenvalue weighted by atomic mass is 10.1. The first-order valence-corrected chi connectivity index (χ1v) is 6.89. The first-order valence-electron chi connectivity index (χ1n) is 6.89. The van der Waals surface area contributed by atoms with E-state index in [2.05, 4.69) is 6.92 Å². The van der Waals surface area contributed by atoms with Gasteiger partial charge in [-0.25, -0.2) is 0 Å². The number of hydrogen-bond acceptors (Lipinski definition) is 3. The molecule has 2 fully saturated rings. The predicted octanol–water partition coefficient (Wildman–Crippen LogP) is 1.14. The summed E-state index contributed by atoms with van der Waals surface area (Å²) < 4.78 is 5.69. The minimum atomic E-state index is -0.228. The number of carbonyl (C=O) groups excluding carboxylic acids is 1. The second-order valence-corrected chi connectivity index (χ2v) is 5.29. The fourth-order valence-electron chi connectivity index (χ4n) is 2.44. The summed E-state index contributed by atoms with van der Waals surface area (Å²) in [4.78, 5) is 14.3. The van der Waals surface area contributed by atoms with Gasteiger partial charge < -0.3 is 15.4 Å². The summed E-state index contributed by atoms with van der Waals surface area (Å²) in [6, 6.07) is 0. The van der Waals surface area contributed by atoms with Crippen LogP contribution in [0.1, 0.15) is 39.0 Å². The van der Waals surface area contributed by atoms with Crippen LogP contribution in [-0.2, 0) is 9.53 Å². The number of nitrogens with zero attached hydrogens (tertiary/aromatic N) is 1. The number of rotatable bonds is 6. The van der Waals surface area contributed by atoms with E-state index in [1.807, 2.05) is 4.90 Å². The zero-order valence-corrected chi connectivity index (χ0v) is 10.7. The Morgan fingerprint density at radius 1 is 1.35 bits per heavy atom. The number of nitrogens with two attached hydrogens (primary N) is 1. The second kappa shape index (κ2) is 5.83. The van der Waals surface area contributed by atoms with Crippen LogP contribution in [0.25, 0.3) is 0 Å². The molecule has 1 amide bonds. The van der Waals surface area contributed by atoms with Crippen LogP contribution in [0, 0.1) is 5.92 Å². The quantitative estimate of drug-likeness (QED) is 0.757. The molecule has 0 radical (unpaired) electrons. The van der Waals surface area contributed by atoms with E-state index in [0.29, 0.717) is 6.54 Å². The summed E-state index contributed by atoms with van der Waals surface area (Å²) in [5, 5.41) is 0. The highest BCUT2D eigenvalue weighted by Gasteiger charge is 2.34. The maximum atomic E-state index is 12.3. The maximum Gasteiger partial charge on any atom is 0.251 e. The van der Waals surface area contributed by atoms with Crippen molar-refractivity contribution >= 4 is 5.91 Å². The molecule has 0 spiro atoms. The molecule has 0 bridgehead atoms. The second-order valence-electron chi connectivity index (χ2n) is 5.29. The predicted molar refractivity (Wildman–Crippen MR) is 66.5 cm³/mol. The molecule has 1 saturated carbocycles. The Balaban J connectivity index is 1.86. The molecule has 98 valence electrons. The molecule has 1 aliphatic carbocycles. The molecule has 2 unspecified atom stereocenters. The van der Waals surface area contributed by atoms with Crippen molar-refractivity contribution in [2.24, 2.45) is 11.7 Å². The van der Waals surface area contributed by atoms with Crippen LogP contribution in [-0.4, -0.2) is 42.6 Å². The van der Waals surface area contributed by atoms with Crippen molar-refractivity contribution in [2.45, 2.75) is 51.2 Å². The molecule has 0 aromatic heterocycles. The van der Waals surface area contributed by atoms with Crippen molar-refractivity contribution in [1.29, 1.82) is 0 Å². The maximum absolute atomic E-state index is 12.3. The average molecular weight is 240 g/mol. The van der Waals surface area contributed by atoms with Crippen LogP contribution in [0.2, 0.25) is 0 Å². The Kier molecular flexibility index (Phi) is 4.40. The molecule has 2 atom stereocenters. The van der Waals surface area contributed by atoms with Crippen molar-refractivity contribution in [3.63, 3.8) is 0 Å². The van der Waals surface area contributed by atoms with Gasteiger partial charge in [-0.3, -0.25) is 4.79 Å². The van der Waals surface area contributed by atoms with Crippen molar-refractivity contribution in [2.75, 3.05) is 19.6 Å². The fraction of sp³-hybridized carbons (Fsp3) is 0.923. The fourth-order valence-corrected chi connectivity index (χ4v) is 2.44. The van der Waals surface area contributed by atoms with Crippen LogP contribution < -0.4 is 5.73 Å². The van der Waals surface area contributed by atoms with E-state index in [-0.39, 0.29) is 18.1 Å². The van der Waals surface area contributed by atoms with E-state index >= 15 is 0 Å². The first-order chi connectivity index (χ1) is 8.24. The topological polar surface area (TPSA) is 55.6 Å². The Hall–Kier alpha value is -0.610. The highest BCUT2D eigenvalue weighted by Crippen LogP contribution is 2.30. The lowest BCUT2D eigenvalue weighted by molar-refractivity contribution is -0.143. The van der Waals surface area contributed by atoms with E-state index in [9.17, 15) is 4.79 Å². The number of ether oxygens (including phenoxy) is 1. The largest absolute Gasteiger partial charge is 0.364 e. The van der Waals surface area contributed by atoms with Crippen molar-refractivity contribution < 1.29 is 9.53 Å². The van der Waals surface area contributed by atoms with Crippen LogP contribution >= 0.6 is 0 Å². The molecule has 2 N–H and O–H groups in total. The van der Waals surface area contributed by atoms with Gasteiger partial charge in [0.2, 0.25) is 0 Å². The van der Waals surface area contributed by atoms with Gasteiger partial charge in [-0.05, 0) is 38.0 Å². The van der Waals surface area contributed by atoms with E-state index < -0.39 is 0 Å². The summed E-state index contributed by atoms with van der Waals surface area (Å²) in [6.07, 6.45) is 5.21. The summed E-state index contributed by atoms with van der Waals surface area (Å²) in [5.41, 5.74) is 5.57. The van der Waals surface area contributed by atoms with Gasteiger partial charge in [-0.15, -0.1) is 0 Å². The monoisotopic (exact) mass is 240 g/mol. The van der Waals surface area contributed by atoms with E-state index in [0.717, 1.165) is 38.3 Å². The molecule has 4 nitrogen and oxygen atoms in total. The summed E-state index contributed by atoms with van der Waals surface area (Å²) in [5.74, 6) is 0.937. The van der Waals surface area contributed by atoms with Gasteiger partial charge in [-0.1, -0.05) is 6.92 Å². The number of amides is 1. The highest BCUT2D eigenvalue weighted by molar-refractivity contribution is 5.81. The van der Waals surface area contributed by atoms with E-state index in [4.69, 9.17) is 10.5 Å². The molecule has 0 aromatic rings. The Labute approximate surface area is 103 Å². The lowest BCUT2D eigenvalue weighted by Gasteiger charge is -2.25. The van der Waals surface area contributed by atoms with E-state index in [1.54, 1.807) is 0 Å². The average Bonchev–Trinajstić information content (AvgIpc) is 3.02. The third kappa shape index (κ3) is 3.42. The molecule has 17 heavy (non-hydrogen) atoms. The standard InChI is InChI=1S/C13H24N2O2/c1-2-7-15(9-10-3-4-10)13(16)12-6-5-11(8-14)17-12/h10-12H,2-9,14H2,1H3. The third-order valence-corrected chi connectivity index (χ3v) is 3.63. The Morgan fingerprint density at radius 2 is 2.12 bits per heavy atom. The molecule has 1 saturated heterocycles. The van der Waals surface area contributed by atoms with Crippen LogP contribution in [0.5, 0.6) is 0 Å². The third-order valence-electron chi connectivity index (χ3n) is 3.63. The zero-order valence-electron chi connectivity index (χ0n) is 10.7. The molecule has 4 heteroatoms. The van der Waals surface area contributed by atoms with Gasteiger partial charge >= 0.3 is 0 Å². The molecular weight excluding hydrogens is 216 g/mol. The smallest absolute Gasteiger partial charge is 0.251 e. The van der Waals surface area contributed by atoms with Gasteiger partial charge in [0.1, 0.15) is 6.10 Å². The highest BCUT2D eigenvalue weighted by atomic mass is 16.5. The SMILES string of the molecule is CCCN(CC1CC1)C(=O)C1CCC(CN)O1. The van der Waals surface area contributed by atoms with E-state index in [1.165, 1.54) is 12.8 Å². The lowest BCUT2D eigenvalue weighted by Crippen LogP contribution is -2.41. The Morgan fingerprint density at radius 3 is 2.65 bits per heavy atom. The molecule has 2 aliphatic rings.